The molecule has 1 saturated carbocycles. The Labute approximate surface area is 143 Å². The van der Waals surface area contributed by atoms with Crippen molar-refractivity contribution >= 4 is 11.9 Å². The molecule has 0 bridgehead atoms. The molecule has 1 aromatic carbocycles. The van der Waals surface area contributed by atoms with Gasteiger partial charge in [-0.25, -0.2) is 9.38 Å². The van der Waals surface area contributed by atoms with Crippen molar-refractivity contribution in [3.63, 3.8) is 0 Å². The second-order valence-electron chi connectivity index (χ2n) is 6.08. The van der Waals surface area contributed by atoms with Crippen molar-refractivity contribution in [1.29, 1.82) is 0 Å². The minimum atomic E-state index is -0.271. The van der Waals surface area contributed by atoms with Gasteiger partial charge in [-0.15, -0.1) is 0 Å². The quantitative estimate of drug-likeness (QED) is 0.553. The van der Waals surface area contributed by atoms with Crippen molar-refractivity contribution in [3.8, 4) is 0 Å². The van der Waals surface area contributed by atoms with Crippen LogP contribution < -0.4 is 16.0 Å². The molecule has 0 radical (unpaired) electrons. The fourth-order valence-corrected chi connectivity index (χ4v) is 2.84. The number of halogens is 1. The topological polar surface area (TPSA) is 65.5 Å². The Morgan fingerprint density at radius 2 is 2.04 bits per heavy atom. The van der Waals surface area contributed by atoms with E-state index in [2.05, 4.69) is 20.9 Å². The monoisotopic (exact) mass is 334 g/mol. The highest BCUT2D eigenvalue weighted by atomic mass is 19.1. The first-order chi connectivity index (χ1) is 11.7. The second-order valence-corrected chi connectivity index (χ2v) is 6.08. The van der Waals surface area contributed by atoms with E-state index in [9.17, 15) is 9.18 Å². The molecule has 132 valence electrons. The van der Waals surface area contributed by atoms with E-state index in [1.54, 1.807) is 6.07 Å². The smallest absolute Gasteiger partial charge is 0.239 e. The summed E-state index contributed by atoms with van der Waals surface area (Å²) in [5.74, 6) is 0.270. The van der Waals surface area contributed by atoms with Crippen molar-refractivity contribution in [2.75, 3.05) is 13.1 Å². The third kappa shape index (κ3) is 6.56. The minimum absolute atomic E-state index is 0.0155. The lowest BCUT2D eigenvalue weighted by molar-refractivity contribution is -0.120. The summed E-state index contributed by atoms with van der Waals surface area (Å²) in [7, 11) is 0. The highest BCUT2D eigenvalue weighted by molar-refractivity contribution is 5.86. The number of aliphatic imine (C=N–C) groups is 1. The van der Waals surface area contributed by atoms with E-state index in [1.165, 1.54) is 31.4 Å². The predicted octanol–water partition coefficient (Wildman–Crippen LogP) is 2.33. The summed E-state index contributed by atoms with van der Waals surface area (Å²) in [4.78, 5) is 16.4. The molecule has 0 unspecified atom stereocenters. The maximum absolute atomic E-state index is 13.2. The number of benzene rings is 1. The molecule has 2 rings (SSSR count). The van der Waals surface area contributed by atoms with Crippen molar-refractivity contribution in [2.24, 2.45) is 4.99 Å². The van der Waals surface area contributed by atoms with Gasteiger partial charge in [0.1, 0.15) is 5.82 Å². The molecule has 0 aromatic heterocycles. The van der Waals surface area contributed by atoms with Crippen LogP contribution in [0, 0.1) is 5.82 Å². The van der Waals surface area contributed by atoms with Gasteiger partial charge in [-0.1, -0.05) is 31.4 Å². The first-order valence-electron chi connectivity index (χ1n) is 8.73. The van der Waals surface area contributed by atoms with Crippen LogP contribution in [0.2, 0.25) is 0 Å². The van der Waals surface area contributed by atoms with Crippen LogP contribution >= 0.6 is 0 Å². The van der Waals surface area contributed by atoms with Gasteiger partial charge >= 0.3 is 0 Å². The zero-order chi connectivity index (χ0) is 17.2. The number of amides is 1. The third-order valence-corrected chi connectivity index (χ3v) is 4.04. The van der Waals surface area contributed by atoms with E-state index in [1.807, 2.05) is 13.0 Å². The summed E-state index contributed by atoms with van der Waals surface area (Å²) < 4.78 is 13.2. The molecule has 0 spiro atoms. The highest BCUT2D eigenvalue weighted by Gasteiger charge is 2.15. The molecular formula is C18H27FN4O. The van der Waals surface area contributed by atoms with Gasteiger partial charge < -0.3 is 16.0 Å². The van der Waals surface area contributed by atoms with Crippen LogP contribution in [-0.2, 0) is 11.3 Å². The molecule has 3 N–H and O–H groups in total. The van der Waals surface area contributed by atoms with E-state index in [4.69, 9.17) is 0 Å². The number of rotatable bonds is 6. The van der Waals surface area contributed by atoms with Gasteiger partial charge in [0.15, 0.2) is 5.96 Å². The van der Waals surface area contributed by atoms with E-state index >= 15 is 0 Å². The lowest BCUT2D eigenvalue weighted by Gasteiger charge is -2.23. The standard InChI is InChI=1S/C18H27FN4O/c1-2-20-18(21-12-14-7-6-8-15(19)11-14)22-13-17(24)23-16-9-4-3-5-10-16/h6-8,11,16H,2-5,9-10,12-13H2,1H3,(H,23,24)(H2,20,21,22). The molecule has 0 saturated heterocycles. The number of hydrogen-bond acceptors (Lipinski definition) is 2. The highest BCUT2D eigenvalue weighted by Crippen LogP contribution is 2.17. The molecule has 1 fully saturated rings. The van der Waals surface area contributed by atoms with Crippen LogP contribution in [-0.4, -0.2) is 31.0 Å². The van der Waals surface area contributed by atoms with Gasteiger partial charge in [-0.05, 0) is 37.5 Å². The van der Waals surface area contributed by atoms with Gasteiger partial charge in [0.05, 0.1) is 13.1 Å². The Morgan fingerprint density at radius 1 is 1.25 bits per heavy atom. The first kappa shape index (κ1) is 18.2. The molecule has 1 aliphatic carbocycles. The van der Waals surface area contributed by atoms with Crippen molar-refractivity contribution in [1.82, 2.24) is 16.0 Å². The van der Waals surface area contributed by atoms with Crippen LogP contribution in [0.5, 0.6) is 0 Å². The number of nitrogens with one attached hydrogen (secondary N) is 3. The second kappa shape index (κ2) is 9.90. The maximum atomic E-state index is 13.2. The summed E-state index contributed by atoms with van der Waals surface area (Å²) in [5, 5.41) is 9.18. The summed E-state index contributed by atoms with van der Waals surface area (Å²) in [5.41, 5.74) is 0.791. The minimum Gasteiger partial charge on any atom is -0.357 e. The van der Waals surface area contributed by atoms with E-state index < -0.39 is 0 Å². The lowest BCUT2D eigenvalue weighted by atomic mass is 9.95. The van der Waals surface area contributed by atoms with E-state index in [-0.39, 0.29) is 18.3 Å². The number of carbonyl (C=O) groups excluding carboxylic acids is 1. The Bertz CT molecular complexity index is 556. The van der Waals surface area contributed by atoms with Crippen molar-refractivity contribution in [2.45, 2.75) is 51.6 Å². The first-order valence-corrected chi connectivity index (χ1v) is 8.73. The largest absolute Gasteiger partial charge is 0.357 e. The van der Waals surface area contributed by atoms with E-state index in [0.717, 1.165) is 18.4 Å². The van der Waals surface area contributed by atoms with Gasteiger partial charge in [0.2, 0.25) is 5.91 Å². The SMILES string of the molecule is CCNC(=NCc1cccc(F)c1)NCC(=O)NC1CCCCC1. The molecule has 5 nitrogen and oxygen atoms in total. The maximum Gasteiger partial charge on any atom is 0.239 e. The van der Waals surface area contributed by atoms with E-state index in [0.29, 0.717) is 25.1 Å². The van der Waals surface area contributed by atoms with Crippen molar-refractivity contribution in [3.05, 3.63) is 35.6 Å². The molecule has 0 atom stereocenters. The molecule has 1 aromatic rings. The number of guanidine groups is 1. The third-order valence-electron chi connectivity index (χ3n) is 4.04. The zero-order valence-electron chi connectivity index (χ0n) is 14.3. The zero-order valence-corrected chi connectivity index (χ0v) is 14.3. The Hall–Kier alpha value is -2.11. The van der Waals surface area contributed by atoms with Crippen LogP contribution in [0.1, 0.15) is 44.6 Å². The average Bonchev–Trinajstić information content (AvgIpc) is 2.58. The lowest BCUT2D eigenvalue weighted by Crippen LogP contribution is -2.46. The van der Waals surface area contributed by atoms with Gasteiger partial charge in [0, 0.05) is 12.6 Å². The molecule has 24 heavy (non-hydrogen) atoms. The number of nitrogens with zero attached hydrogens (tertiary/aromatic N) is 1. The number of carbonyl (C=O) groups is 1. The normalized spacial score (nSPS) is 15.8. The Morgan fingerprint density at radius 3 is 2.75 bits per heavy atom. The molecule has 1 amide bonds. The predicted molar refractivity (Wildman–Crippen MR) is 94.2 cm³/mol. The van der Waals surface area contributed by atoms with Crippen LogP contribution in [0.3, 0.4) is 0 Å². The fourth-order valence-electron chi connectivity index (χ4n) is 2.84. The number of hydrogen-bond donors (Lipinski definition) is 3. The van der Waals surface area contributed by atoms with Crippen molar-refractivity contribution < 1.29 is 9.18 Å². The fraction of sp³-hybridized carbons (Fsp3) is 0.556. The average molecular weight is 334 g/mol. The van der Waals surface area contributed by atoms with Gasteiger partial charge in [0.25, 0.3) is 0 Å². The summed E-state index contributed by atoms with van der Waals surface area (Å²) in [6.07, 6.45) is 5.78. The molecule has 0 aliphatic heterocycles. The summed E-state index contributed by atoms with van der Waals surface area (Å²) in [6, 6.07) is 6.67. The van der Waals surface area contributed by atoms with Gasteiger partial charge in [-0.3, -0.25) is 4.79 Å². The Kier molecular flexibility index (Phi) is 7.52. The summed E-state index contributed by atoms with van der Waals surface area (Å²) in [6.45, 7) is 3.20. The molecule has 0 heterocycles. The molecule has 6 heteroatoms. The van der Waals surface area contributed by atoms with Crippen LogP contribution in [0.15, 0.2) is 29.3 Å². The Balaban J connectivity index is 1.81. The van der Waals surface area contributed by atoms with Crippen LogP contribution in [0.4, 0.5) is 4.39 Å². The van der Waals surface area contributed by atoms with Crippen LogP contribution in [0.25, 0.3) is 0 Å². The molecule has 1 aliphatic rings. The van der Waals surface area contributed by atoms with Gasteiger partial charge in [-0.2, -0.15) is 0 Å². The molecular weight excluding hydrogens is 307 g/mol. The summed E-state index contributed by atoms with van der Waals surface area (Å²) >= 11 is 0.